The van der Waals surface area contributed by atoms with Gasteiger partial charge in [0.25, 0.3) is 5.91 Å². The van der Waals surface area contributed by atoms with Crippen LogP contribution >= 0.6 is 0 Å². The number of methoxy groups -OCH3 is 1. The van der Waals surface area contributed by atoms with E-state index in [2.05, 4.69) is 22.5 Å². The molecule has 5 aromatic rings. The summed E-state index contributed by atoms with van der Waals surface area (Å²) < 4.78 is 7.54. The van der Waals surface area contributed by atoms with Gasteiger partial charge in [0.15, 0.2) is 0 Å². The van der Waals surface area contributed by atoms with E-state index in [1.807, 2.05) is 83.1 Å². The normalized spacial score (nSPS) is 16.2. The van der Waals surface area contributed by atoms with Crippen molar-refractivity contribution in [1.29, 1.82) is 0 Å². The highest BCUT2D eigenvalue weighted by Crippen LogP contribution is 2.38. The molecule has 2 N–H and O–H groups in total. The molecule has 0 unspecified atom stereocenters. The van der Waals surface area contributed by atoms with Crippen LogP contribution in [0.2, 0.25) is 0 Å². The van der Waals surface area contributed by atoms with E-state index in [0.29, 0.717) is 48.3 Å². The van der Waals surface area contributed by atoms with Crippen molar-refractivity contribution in [1.82, 2.24) is 29.4 Å². The van der Waals surface area contributed by atoms with Gasteiger partial charge in [-0.25, -0.2) is 14.5 Å². The molecule has 11 nitrogen and oxygen atoms in total. The number of fused-ring (bicyclic) bond motifs is 1. The van der Waals surface area contributed by atoms with Crippen LogP contribution in [0.5, 0.6) is 5.75 Å². The fourth-order valence-corrected chi connectivity index (χ4v) is 5.76. The lowest BCUT2D eigenvalue weighted by atomic mass is 10.0. The largest absolute Gasteiger partial charge is 0.494 e. The second kappa shape index (κ2) is 13.8. The van der Waals surface area contributed by atoms with Crippen molar-refractivity contribution in [2.75, 3.05) is 51.5 Å². The molecule has 0 saturated carbocycles. The van der Waals surface area contributed by atoms with Crippen molar-refractivity contribution in [2.45, 2.75) is 13.0 Å². The van der Waals surface area contributed by atoms with Crippen LogP contribution in [0.25, 0.3) is 28.0 Å². The van der Waals surface area contributed by atoms with Crippen LogP contribution in [-0.4, -0.2) is 88.1 Å². The molecule has 2 amide bonds. The molecule has 0 radical (unpaired) electrons. The Morgan fingerprint density at radius 3 is 2.55 bits per heavy atom. The first-order chi connectivity index (χ1) is 22.8. The summed E-state index contributed by atoms with van der Waals surface area (Å²) >= 11 is 0. The van der Waals surface area contributed by atoms with Gasteiger partial charge in [-0.2, -0.15) is 5.10 Å². The number of pyridine rings is 1. The number of benzene rings is 2. The van der Waals surface area contributed by atoms with Gasteiger partial charge in [-0.15, -0.1) is 0 Å². The fourth-order valence-electron chi connectivity index (χ4n) is 5.76. The first-order valence-electron chi connectivity index (χ1n) is 15.5. The predicted molar refractivity (Wildman–Crippen MR) is 183 cm³/mol. The van der Waals surface area contributed by atoms with E-state index in [4.69, 9.17) is 14.8 Å². The molecular formula is C36H38N8O3. The number of nitrogens with zero attached hydrogens (tertiary/aromatic N) is 6. The predicted octanol–water partition coefficient (Wildman–Crippen LogP) is 5.10. The standard InChI is InChI=1S/C36H38N8O3/c1-24-22-43(35(46)26-14-16-27(17-15-26)38-31(45)13-9-20-42(2)3)23-29(24)40-36-37-19-18-28(39-36)32-33(25-10-6-5-7-11-25)41-44-21-8-12-30(47-4)34(32)44/h5-19,21,24,29H,20,22-23H2,1-4H3,(H,38,45)(H,37,39,40)/b13-9+/t24-,29+/m0/s1. The molecule has 1 fully saturated rings. The van der Waals surface area contributed by atoms with Crippen LogP contribution in [0.3, 0.4) is 0 Å². The van der Waals surface area contributed by atoms with Crippen LogP contribution in [0.15, 0.2) is 97.3 Å². The van der Waals surface area contributed by atoms with Crippen molar-refractivity contribution in [3.05, 3.63) is 103 Å². The highest BCUT2D eigenvalue weighted by Gasteiger charge is 2.33. The maximum atomic E-state index is 13.4. The summed E-state index contributed by atoms with van der Waals surface area (Å²) in [6, 6.07) is 22.6. The molecule has 1 aliphatic rings. The summed E-state index contributed by atoms with van der Waals surface area (Å²) in [5, 5.41) is 11.2. The maximum absolute atomic E-state index is 13.4. The Kier molecular flexibility index (Phi) is 9.25. The van der Waals surface area contributed by atoms with Gasteiger partial charge in [-0.05, 0) is 62.5 Å². The van der Waals surface area contributed by atoms with Gasteiger partial charge in [-0.1, -0.05) is 43.3 Å². The minimum absolute atomic E-state index is 0.0475. The Hall–Kier alpha value is -5.55. The molecule has 2 aromatic carbocycles. The Morgan fingerprint density at radius 2 is 1.81 bits per heavy atom. The molecule has 1 aliphatic heterocycles. The summed E-state index contributed by atoms with van der Waals surface area (Å²) in [6.45, 7) is 3.88. The Bertz CT molecular complexity index is 1900. The zero-order chi connectivity index (χ0) is 32.9. The number of likely N-dealkylation sites (N-methyl/N-ethyl adjacent to an activating group) is 1. The Labute approximate surface area is 273 Å². The average molecular weight is 631 g/mol. The second-order valence-electron chi connectivity index (χ2n) is 11.9. The maximum Gasteiger partial charge on any atom is 0.253 e. The van der Waals surface area contributed by atoms with Crippen LogP contribution in [0.1, 0.15) is 17.3 Å². The van der Waals surface area contributed by atoms with E-state index in [1.165, 1.54) is 6.08 Å². The lowest BCUT2D eigenvalue weighted by molar-refractivity contribution is -0.111. The van der Waals surface area contributed by atoms with Gasteiger partial charge in [0.05, 0.1) is 24.4 Å². The number of nitrogens with one attached hydrogen (secondary N) is 2. The van der Waals surface area contributed by atoms with E-state index >= 15 is 0 Å². The van der Waals surface area contributed by atoms with E-state index in [0.717, 1.165) is 22.3 Å². The van der Waals surface area contributed by atoms with Crippen molar-refractivity contribution < 1.29 is 14.3 Å². The SMILES string of the molecule is COc1cccn2nc(-c3ccccc3)c(-c3ccnc(N[C@@H]4CN(C(=O)c5ccc(NC(=O)/C=C/CN(C)C)cc5)C[C@@H]4C)n3)c12. The molecule has 0 aliphatic carbocycles. The Morgan fingerprint density at radius 1 is 1.02 bits per heavy atom. The lowest BCUT2D eigenvalue weighted by Gasteiger charge is -2.18. The number of rotatable bonds is 10. The zero-order valence-corrected chi connectivity index (χ0v) is 26.9. The monoisotopic (exact) mass is 630 g/mol. The molecule has 2 atom stereocenters. The molecule has 240 valence electrons. The van der Waals surface area contributed by atoms with Crippen molar-refractivity contribution >= 4 is 29.0 Å². The van der Waals surface area contributed by atoms with E-state index in [9.17, 15) is 9.59 Å². The molecule has 3 aromatic heterocycles. The number of amides is 2. The van der Waals surface area contributed by atoms with E-state index < -0.39 is 0 Å². The average Bonchev–Trinajstić information content (AvgIpc) is 3.65. The summed E-state index contributed by atoms with van der Waals surface area (Å²) in [7, 11) is 5.52. The Balaban J connectivity index is 1.18. The first kappa shape index (κ1) is 31.4. The molecule has 0 spiro atoms. The first-order valence-corrected chi connectivity index (χ1v) is 15.5. The lowest BCUT2D eigenvalue weighted by Crippen LogP contribution is -2.32. The molecule has 4 heterocycles. The van der Waals surface area contributed by atoms with Gasteiger partial charge >= 0.3 is 0 Å². The number of hydrogen-bond donors (Lipinski definition) is 2. The summed E-state index contributed by atoms with van der Waals surface area (Å²) in [5.74, 6) is 1.05. The highest BCUT2D eigenvalue weighted by molar-refractivity contribution is 6.00. The van der Waals surface area contributed by atoms with Gasteiger partial charge < -0.3 is 25.2 Å². The van der Waals surface area contributed by atoms with E-state index in [-0.39, 0.29) is 23.8 Å². The molecule has 47 heavy (non-hydrogen) atoms. The molecule has 1 saturated heterocycles. The summed E-state index contributed by atoms with van der Waals surface area (Å²) in [5.41, 5.74) is 5.32. The smallest absolute Gasteiger partial charge is 0.253 e. The third-order valence-electron chi connectivity index (χ3n) is 8.15. The molecule has 6 rings (SSSR count). The second-order valence-corrected chi connectivity index (χ2v) is 11.9. The number of anilines is 2. The third kappa shape index (κ3) is 7.00. The van der Waals surface area contributed by atoms with E-state index in [1.54, 1.807) is 43.6 Å². The number of aromatic nitrogens is 4. The summed E-state index contributed by atoms with van der Waals surface area (Å²) in [4.78, 5) is 38.9. The number of likely N-dealkylation sites (tertiary alicyclic amines) is 1. The van der Waals surface area contributed by atoms with Crippen molar-refractivity contribution in [3.63, 3.8) is 0 Å². The number of carbonyl (C=O) groups excluding carboxylic acids is 2. The minimum Gasteiger partial charge on any atom is -0.494 e. The van der Waals surface area contributed by atoms with Gasteiger partial charge in [0, 0.05) is 54.9 Å². The molecule has 0 bridgehead atoms. The van der Waals surface area contributed by atoms with Crippen LogP contribution in [0, 0.1) is 5.92 Å². The number of hydrogen-bond acceptors (Lipinski definition) is 8. The van der Waals surface area contributed by atoms with Crippen molar-refractivity contribution in [2.24, 2.45) is 5.92 Å². The topological polar surface area (TPSA) is 117 Å². The number of carbonyl (C=O) groups is 2. The quantitative estimate of drug-likeness (QED) is 0.205. The van der Waals surface area contributed by atoms with Crippen molar-refractivity contribution in [3.8, 4) is 28.3 Å². The van der Waals surface area contributed by atoms with Gasteiger partial charge in [-0.3, -0.25) is 9.59 Å². The summed E-state index contributed by atoms with van der Waals surface area (Å²) in [6.07, 6.45) is 6.94. The van der Waals surface area contributed by atoms with Crippen LogP contribution in [-0.2, 0) is 4.79 Å². The van der Waals surface area contributed by atoms with Gasteiger partial charge in [0.2, 0.25) is 11.9 Å². The number of ether oxygens (including phenoxy) is 1. The molecule has 11 heteroatoms. The molecular weight excluding hydrogens is 592 g/mol. The third-order valence-corrected chi connectivity index (χ3v) is 8.15. The fraction of sp³-hybridized carbons (Fsp3) is 0.250. The minimum atomic E-state index is -0.212. The van der Waals surface area contributed by atoms with Crippen LogP contribution in [0.4, 0.5) is 11.6 Å². The highest BCUT2D eigenvalue weighted by atomic mass is 16.5. The van der Waals surface area contributed by atoms with Gasteiger partial charge in [0.1, 0.15) is 17.0 Å². The van der Waals surface area contributed by atoms with Crippen LogP contribution < -0.4 is 15.4 Å². The zero-order valence-electron chi connectivity index (χ0n) is 26.9.